The lowest BCUT2D eigenvalue weighted by atomic mass is 9.92. The molecule has 0 bridgehead atoms. The Morgan fingerprint density at radius 2 is 2.00 bits per heavy atom. The zero-order chi connectivity index (χ0) is 14.0. The number of nitrogens with two attached hydrogens (primary N) is 1. The van der Waals surface area contributed by atoms with Gasteiger partial charge in [-0.25, -0.2) is 13.1 Å². The van der Waals surface area contributed by atoms with Gasteiger partial charge in [0.2, 0.25) is 10.0 Å². The zero-order valence-electron chi connectivity index (χ0n) is 10.9. The first-order valence-electron chi connectivity index (χ1n) is 6.44. The van der Waals surface area contributed by atoms with Crippen molar-refractivity contribution in [3.63, 3.8) is 0 Å². The SMILES string of the molecule is Cc1ccc(Cl)cc1S(=O)(=O)NC1CCCCC1N. The summed E-state index contributed by atoms with van der Waals surface area (Å²) >= 11 is 5.88. The summed E-state index contributed by atoms with van der Waals surface area (Å²) in [7, 11) is -3.56. The second kappa shape index (κ2) is 5.79. The van der Waals surface area contributed by atoms with E-state index in [1.807, 2.05) is 0 Å². The highest BCUT2D eigenvalue weighted by Gasteiger charge is 2.27. The molecule has 1 aliphatic rings. The molecule has 1 saturated carbocycles. The average Bonchev–Trinajstić information content (AvgIpc) is 2.35. The summed E-state index contributed by atoms with van der Waals surface area (Å²) in [4.78, 5) is 0.234. The maximum atomic E-state index is 12.4. The molecule has 2 unspecified atom stereocenters. The van der Waals surface area contributed by atoms with Crippen molar-refractivity contribution in [2.45, 2.75) is 49.6 Å². The number of benzene rings is 1. The molecule has 2 atom stereocenters. The highest BCUT2D eigenvalue weighted by atomic mass is 35.5. The van der Waals surface area contributed by atoms with Gasteiger partial charge in [0.15, 0.2) is 0 Å². The van der Waals surface area contributed by atoms with Crippen LogP contribution in [0.4, 0.5) is 0 Å². The summed E-state index contributed by atoms with van der Waals surface area (Å²) < 4.78 is 27.5. The Morgan fingerprint density at radius 1 is 1.32 bits per heavy atom. The van der Waals surface area contributed by atoms with Crippen molar-refractivity contribution in [2.75, 3.05) is 0 Å². The molecule has 1 fully saturated rings. The van der Waals surface area contributed by atoms with Crippen molar-refractivity contribution in [1.82, 2.24) is 4.72 Å². The number of aryl methyl sites for hydroxylation is 1. The fraction of sp³-hybridized carbons (Fsp3) is 0.538. The summed E-state index contributed by atoms with van der Waals surface area (Å²) in [5, 5.41) is 0.416. The summed E-state index contributed by atoms with van der Waals surface area (Å²) in [5.74, 6) is 0. The molecule has 3 N–H and O–H groups in total. The monoisotopic (exact) mass is 302 g/mol. The van der Waals surface area contributed by atoms with Gasteiger partial charge in [0.25, 0.3) is 0 Å². The van der Waals surface area contributed by atoms with Gasteiger partial charge < -0.3 is 5.73 Å². The first kappa shape index (κ1) is 14.8. The van der Waals surface area contributed by atoms with E-state index in [0.717, 1.165) is 25.7 Å². The van der Waals surface area contributed by atoms with Gasteiger partial charge in [-0.2, -0.15) is 0 Å². The van der Waals surface area contributed by atoms with Crippen LogP contribution >= 0.6 is 11.6 Å². The third kappa shape index (κ3) is 3.48. The third-order valence-electron chi connectivity index (χ3n) is 3.57. The molecule has 0 aliphatic heterocycles. The lowest BCUT2D eigenvalue weighted by Gasteiger charge is -2.29. The van der Waals surface area contributed by atoms with Crippen LogP contribution in [0.1, 0.15) is 31.2 Å². The molecule has 6 heteroatoms. The molecule has 4 nitrogen and oxygen atoms in total. The van der Waals surface area contributed by atoms with Crippen LogP contribution in [0.25, 0.3) is 0 Å². The van der Waals surface area contributed by atoms with Crippen molar-refractivity contribution in [3.05, 3.63) is 28.8 Å². The van der Waals surface area contributed by atoms with Gasteiger partial charge in [0.05, 0.1) is 4.90 Å². The van der Waals surface area contributed by atoms with E-state index in [1.54, 1.807) is 19.1 Å². The summed E-state index contributed by atoms with van der Waals surface area (Å²) in [5.41, 5.74) is 6.66. The van der Waals surface area contributed by atoms with E-state index in [0.29, 0.717) is 10.6 Å². The summed E-state index contributed by atoms with van der Waals surface area (Å²) in [6.07, 6.45) is 3.73. The molecule has 106 valence electrons. The lowest BCUT2D eigenvalue weighted by molar-refractivity contribution is 0.361. The zero-order valence-corrected chi connectivity index (χ0v) is 12.5. The van der Waals surface area contributed by atoms with Gasteiger partial charge in [-0.05, 0) is 37.5 Å². The molecule has 1 aliphatic carbocycles. The van der Waals surface area contributed by atoms with E-state index in [1.165, 1.54) is 6.07 Å². The first-order valence-corrected chi connectivity index (χ1v) is 8.30. The van der Waals surface area contributed by atoms with Crippen LogP contribution in [0.5, 0.6) is 0 Å². The van der Waals surface area contributed by atoms with E-state index in [4.69, 9.17) is 17.3 Å². The van der Waals surface area contributed by atoms with Crippen molar-refractivity contribution in [2.24, 2.45) is 5.73 Å². The Kier molecular flexibility index (Phi) is 4.50. The highest BCUT2D eigenvalue weighted by Crippen LogP contribution is 2.23. The fourth-order valence-corrected chi connectivity index (χ4v) is 4.26. The van der Waals surface area contributed by atoms with E-state index < -0.39 is 10.0 Å². The molecule has 0 saturated heterocycles. The Morgan fingerprint density at radius 3 is 2.68 bits per heavy atom. The summed E-state index contributed by atoms with van der Waals surface area (Å²) in [6, 6.07) is 4.58. The smallest absolute Gasteiger partial charge is 0.241 e. The first-order chi connectivity index (χ1) is 8.90. The minimum atomic E-state index is -3.56. The Bertz CT molecular complexity index is 560. The van der Waals surface area contributed by atoms with Crippen LogP contribution in [0, 0.1) is 6.92 Å². The van der Waals surface area contributed by atoms with Gasteiger partial charge in [0, 0.05) is 17.1 Å². The molecule has 1 aromatic carbocycles. The van der Waals surface area contributed by atoms with E-state index in [2.05, 4.69) is 4.72 Å². The van der Waals surface area contributed by atoms with Crippen LogP contribution in [0.2, 0.25) is 5.02 Å². The van der Waals surface area contributed by atoms with Crippen molar-refractivity contribution in [3.8, 4) is 0 Å². The number of sulfonamides is 1. The summed E-state index contributed by atoms with van der Waals surface area (Å²) in [6.45, 7) is 1.76. The molecule has 0 amide bonds. The van der Waals surface area contributed by atoms with Crippen LogP contribution in [-0.4, -0.2) is 20.5 Å². The average molecular weight is 303 g/mol. The second-order valence-electron chi connectivity index (χ2n) is 5.09. The maximum absolute atomic E-state index is 12.4. The Labute approximate surface area is 119 Å². The van der Waals surface area contributed by atoms with E-state index >= 15 is 0 Å². The van der Waals surface area contributed by atoms with Crippen molar-refractivity contribution >= 4 is 21.6 Å². The maximum Gasteiger partial charge on any atom is 0.241 e. The standard InChI is InChI=1S/C13H19ClN2O2S/c1-9-6-7-10(14)8-13(9)19(17,18)16-12-5-3-2-4-11(12)15/h6-8,11-12,16H,2-5,15H2,1H3. The number of nitrogens with one attached hydrogen (secondary N) is 1. The topological polar surface area (TPSA) is 72.2 Å². The Hall–Kier alpha value is -0.620. The minimum absolute atomic E-state index is 0.108. The molecular formula is C13H19ClN2O2S. The predicted octanol–water partition coefficient (Wildman–Crippen LogP) is 2.20. The molecular weight excluding hydrogens is 284 g/mol. The fourth-order valence-electron chi connectivity index (χ4n) is 2.43. The predicted molar refractivity (Wildman–Crippen MR) is 76.7 cm³/mol. The largest absolute Gasteiger partial charge is 0.326 e. The van der Waals surface area contributed by atoms with Crippen LogP contribution < -0.4 is 10.5 Å². The molecule has 1 aromatic rings. The van der Waals surface area contributed by atoms with Crippen molar-refractivity contribution in [1.29, 1.82) is 0 Å². The van der Waals surface area contributed by atoms with Gasteiger partial charge in [-0.1, -0.05) is 30.5 Å². The minimum Gasteiger partial charge on any atom is -0.326 e. The molecule has 0 radical (unpaired) electrons. The van der Waals surface area contributed by atoms with Gasteiger partial charge >= 0.3 is 0 Å². The lowest BCUT2D eigenvalue weighted by Crippen LogP contribution is -2.49. The van der Waals surface area contributed by atoms with Gasteiger partial charge in [-0.15, -0.1) is 0 Å². The normalized spacial score (nSPS) is 24.4. The molecule has 0 heterocycles. The van der Waals surface area contributed by atoms with Crippen LogP contribution in [0.3, 0.4) is 0 Å². The number of halogens is 1. The van der Waals surface area contributed by atoms with Crippen molar-refractivity contribution < 1.29 is 8.42 Å². The number of rotatable bonds is 3. The number of hydrogen-bond acceptors (Lipinski definition) is 3. The molecule has 2 rings (SSSR count). The molecule has 0 aromatic heterocycles. The van der Waals surface area contributed by atoms with Gasteiger partial charge in [-0.3, -0.25) is 0 Å². The van der Waals surface area contributed by atoms with E-state index in [9.17, 15) is 8.42 Å². The van der Waals surface area contributed by atoms with Crippen LogP contribution in [0.15, 0.2) is 23.1 Å². The quantitative estimate of drug-likeness (QED) is 0.899. The van der Waals surface area contributed by atoms with Crippen LogP contribution in [-0.2, 0) is 10.0 Å². The second-order valence-corrected chi connectivity index (χ2v) is 7.20. The third-order valence-corrected chi connectivity index (χ3v) is 5.43. The van der Waals surface area contributed by atoms with Gasteiger partial charge in [0.1, 0.15) is 0 Å². The number of hydrogen-bond donors (Lipinski definition) is 2. The van der Waals surface area contributed by atoms with E-state index in [-0.39, 0.29) is 17.0 Å². The molecule has 19 heavy (non-hydrogen) atoms. The highest BCUT2D eigenvalue weighted by molar-refractivity contribution is 7.89. The Balaban J connectivity index is 2.24. The molecule has 0 spiro atoms.